The third kappa shape index (κ3) is 4.81. The number of methoxy groups -OCH3 is 1. The molecule has 29 heavy (non-hydrogen) atoms. The first kappa shape index (κ1) is 19.1. The first-order valence-electron chi connectivity index (χ1n) is 9.84. The molecule has 0 aliphatic carbocycles. The Morgan fingerprint density at radius 2 is 2.14 bits per heavy atom. The molecule has 1 aliphatic rings. The molecular weight excluding hydrogens is 366 g/mol. The fraction of sp³-hybridized carbons (Fsp3) is 0.318. The molecule has 0 spiro atoms. The summed E-state index contributed by atoms with van der Waals surface area (Å²) in [7, 11) is 1.63. The van der Waals surface area contributed by atoms with Crippen molar-refractivity contribution in [1.29, 1.82) is 0 Å². The highest BCUT2D eigenvalue weighted by Gasteiger charge is 2.23. The minimum atomic E-state index is -0.123. The topological polar surface area (TPSA) is 83.1 Å². The summed E-state index contributed by atoms with van der Waals surface area (Å²) in [5.41, 5.74) is 3.19. The van der Waals surface area contributed by atoms with Gasteiger partial charge in [0.1, 0.15) is 11.4 Å². The van der Waals surface area contributed by atoms with Crippen molar-refractivity contribution in [2.24, 2.45) is 0 Å². The third-order valence-corrected chi connectivity index (χ3v) is 5.16. The predicted molar refractivity (Wildman–Crippen MR) is 111 cm³/mol. The van der Waals surface area contributed by atoms with Crippen LogP contribution in [0.2, 0.25) is 0 Å². The number of amides is 1. The molecule has 0 bridgehead atoms. The second kappa shape index (κ2) is 8.87. The fourth-order valence-corrected chi connectivity index (χ4v) is 3.65. The SMILES string of the molecule is COc1ccc(-c2cc(C(=O)NC3CCCN(Cc4ccccn4)C3)[nH]n2)cc1. The quantitative estimate of drug-likeness (QED) is 0.675. The summed E-state index contributed by atoms with van der Waals surface area (Å²) in [5, 5.41) is 10.3. The number of aromatic nitrogens is 3. The Balaban J connectivity index is 1.35. The number of aromatic amines is 1. The molecular formula is C22H25N5O2. The lowest BCUT2D eigenvalue weighted by Crippen LogP contribution is -2.47. The molecule has 1 atom stereocenters. The monoisotopic (exact) mass is 391 g/mol. The Kier molecular flexibility index (Phi) is 5.86. The van der Waals surface area contributed by atoms with E-state index in [0.29, 0.717) is 5.69 Å². The van der Waals surface area contributed by atoms with Crippen LogP contribution in [0.25, 0.3) is 11.3 Å². The zero-order valence-corrected chi connectivity index (χ0v) is 16.5. The number of likely N-dealkylation sites (tertiary alicyclic amines) is 1. The normalized spacial score (nSPS) is 17.1. The summed E-state index contributed by atoms with van der Waals surface area (Å²) in [5.74, 6) is 0.664. The highest BCUT2D eigenvalue weighted by Crippen LogP contribution is 2.21. The molecule has 3 aromatic rings. The number of hydrogen-bond acceptors (Lipinski definition) is 5. The van der Waals surface area contributed by atoms with Crippen LogP contribution in [-0.4, -0.2) is 52.2 Å². The lowest BCUT2D eigenvalue weighted by atomic mass is 10.1. The van der Waals surface area contributed by atoms with E-state index in [-0.39, 0.29) is 11.9 Å². The smallest absolute Gasteiger partial charge is 0.269 e. The molecule has 1 aromatic carbocycles. The van der Waals surface area contributed by atoms with Crippen LogP contribution in [0.5, 0.6) is 5.75 Å². The predicted octanol–water partition coefficient (Wildman–Crippen LogP) is 2.87. The van der Waals surface area contributed by atoms with Gasteiger partial charge in [-0.25, -0.2) is 0 Å². The Bertz CT molecular complexity index is 939. The third-order valence-electron chi connectivity index (χ3n) is 5.16. The molecule has 0 radical (unpaired) electrons. The van der Waals surface area contributed by atoms with Gasteiger partial charge >= 0.3 is 0 Å². The maximum Gasteiger partial charge on any atom is 0.269 e. The average Bonchev–Trinajstić information content (AvgIpc) is 3.25. The van der Waals surface area contributed by atoms with Gasteiger partial charge in [0, 0.05) is 30.9 Å². The number of piperidine rings is 1. The Morgan fingerprint density at radius 1 is 1.28 bits per heavy atom. The zero-order chi connectivity index (χ0) is 20.1. The number of hydrogen-bond donors (Lipinski definition) is 2. The molecule has 1 saturated heterocycles. The van der Waals surface area contributed by atoms with Gasteiger partial charge in [-0.15, -0.1) is 0 Å². The van der Waals surface area contributed by atoms with E-state index in [0.717, 1.165) is 55.2 Å². The zero-order valence-electron chi connectivity index (χ0n) is 16.5. The summed E-state index contributed by atoms with van der Waals surface area (Å²) < 4.78 is 5.18. The van der Waals surface area contributed by atoms with E-state index in [1.165, 1.54) is 0 Å². The number of ether oxygens (including phenoxy) is 1. The first-order valence-corrected chi connectivity index (χ1v) is 9.84. The van der Waals surface area contributed by atoms with Gasteiger partial charge in [0.15, 0.2) is 0 Å². The van der Waals surface area contributed by atoms with Crippen molar-refractivity contribution < 1.29 is 9.53 Å². The molecule has 2 N–H and O–H groups in total. The highest BCUT2D eigenvalue weighted by atomic mass is 16.5. The number of benzene rings is 1. The van der Waals surface area contributed by atoms with Gasteiger partial charge in [0.05, 0.1) is 18.5 Å². The summed E-state index contributed by atoms with van der Waals surface area (Å²) in [6.07, 6.45) is 3.85. The number of pyridine rings is 1. The summed E-state index contributed by atoms with van der Waals surface area (Å²) in [4.78, 5) is 19.4. The van der Waals surface area contributed by atoms with E-state index >= 15 is 0 Å². The fourth-order valence-electron chi connectivity index (χ4n) is 3.65. The average molecular weight is 391 g/mol. The van der Waals surface area contributed by atoms with Crippen LogP contribution in [0.3, 0.4) is 0 Å². The van der Waals surface area contributed by atoms with Gasteiger partial charge in [-0.1, -0.05) is 6.07 Å². The van der Waals surface area contributed by atoms with Crippen molar-refractivity contribution in [2.45, 2.75) is 25.4 Å². The van der Waals surface area contributed by atoms with E-state index in [1.807, 2.05) is 48.7 Å². The minimum Gasteiger partial charge on any atom is -0.497 e. The van der Waals surface area contributed by atoms with Crippen molar-refractivity contribution in [1.82, 2.24) is 25.4 Å². The molecule has 4 rings (SSSR count). The molecule has 0 saturated carbocycles. The van der Waals surface area contributed by atoms with Gasteiger partial charge in [-0.2, -0.15) is 5.10 Å². The van der Waals surface area contributed by atoms with Crippen LogP contribution in [0.1, 0.15) is 29.0 Å². The van der Waals surface area contributed by atoms with E-state index in [2.05, 4.69) is 25.4 Å². The van der Waals surface area contributed by atoms with Crippen LogP contribution in [0.15, 0.2) is 54.7 Å². The summed E-state index contributed by atoms with van der Waals surface area (Å²) >= 11 is 0. The molecule has 7 heteroatoms. The molecule has 1 unspecified atom stereocenters. The number of carbonyl (C=O) groups is 1. The van der Waals surface area contributed by atoms with E-state index < -0.39 is 0 Å². The van der Waals surface area contributed by atoms with Crippen LogP contribution < -0.4 is 10.1 Å². The maximum absolute atomic E-state index is 12.7. The maximum atomic E-state index is 12.7. The molecule has 7 nitrogen and oxygen atoms in total. The molecule has 2 aromatic heterocycles. The molecule has 150 valence electrons. The first-order chi connectivity index (χ1) is 14.2. The number of carbonyl (C=O) groups excluding carboxylic acids is 1. The van der Waals surface area contributed by atoms with Crippen molar-refractivity contribution in [3.05, 3.63) is 66.1 Å². The second-order valence-electron chi connectivity index (χ2n) is 7.26. The van der Waals surface area contributed by atoms with E-state index in [4.69, 9.17) is 4.74 Å². The number of nitrogens with zero attached hydrogens (tertiary/aromatic N) is 3. The van der Waals surface area contributed by atoms with Gasteiger partial charge in [0.25, 0.3) is 5.91 Å². The summed E-state index contributed by atoms with van der Waals surface area (Å²) in [6.45, 7) is 2.65. The minimum absolute atomic E-state index is 0.118. The van der Waals surface area contributed by atoms with Crippen molar-refractivity contribution in [3.63, 3.8) is 0 Å². The number of nitrogens with one attached hydrogen (secondary N) is 2. The van der Waals surface area contributed by atoms with Gasteiger partial charge in [-0.05, 0) is 61.9 Å². The van der Waals surface area contributed by atoms with Crippen LogP contribution >= 0.6 is 0 Å². The van der Waals surface area contributed by atoms with Crippen molar-refractivity contribution >= 4 is 5.91 Å². The molecule has 1 amide bonds. The van der Waals surface area contributed by atoms with Gasteiger partial charge in [0.2, 0.25) is 0 Å². The number of H-pyrrole nitrogens is 1. The van der Waals surface area contributed by atoms with Crippen LogP contribution in [0.4, 0.5) is 0 Å². The van der Waals surface area contributed by atoms with Gasteiger partial charge in [-0.3, -0.25) is 19.8 Å². The van der Waals surface area contributed by atoms with E-state index in [9.17, 15) is 4.79 Å². The Labute approximate surface area is 170 Å². The lowest BCUT2D eigenvalue weighted by molar-refractivity contribution is 0.0895. The largest absolute Gasteiger partial charge is 0.497 e. The second-order valence-corrected chi connectivity index (χ2v) is 7.26. The Hall–Kier alpha value is -3.19. The van der Waals surface area contributed by atoms with Crippen LogP contribution in [-0.2, 0) is 6.54 Å². The standard InChI is InChI=1S/C22H25N5O2/c1-29-19-9-7-16(8-10-19)20-13-21(26-25-20)22(28)24-18-6-4-12-27(15-18)14-17-5-2-3-11-23-17/h2-3,5,7-11,13,18H,4,6,12,14-15H2,1H3,(H,24,28)(H,25,26). The summed E-state index contributed by atoms with van der Waals surface area (Å²) in [6, 6.07) is 15.5. The molecule has 3 heterocycles. The van der Waals surface area contributed by atoms with Crippen molar-refractivity contribution in [3.8, 4) is 17.0 Å². The molecule has 1 aliphatic heterocycles. The van der Waals surface area contributed by atoms with E-state index in [1.54, 1.807) is 13.2 Å². The van der Waals surface area contributed by atoms with Crippen molar-refractivity contribution in [2.75, 3.05) is 20.2 Å². The van der Waals surface area contributed by atoms with Crippen LogP contribution in [0, 0.1) is 0 Å². The Morgan fingerprint density at radius 3 is 2.90 bits per heavy atom. The van der Waals surface area contributed by atoms with Gasteiger partial charge < -0.3 is 10.1 Å². The molecule has 1 fully saturated rings. The lowest BCUT2D eigenvalue weighted by Gasteiger charge is -2.32. The number of rotatable bonds is 6. The highest BCUT2D eigenvalue weighted by molar-refractivity contribution is 5.93.